The molecule has 3 heteroatoms. The molecule has 0 saturated heterocycles. The van der Waals surface area contributed by atoms with E-state index in [0.717, 1.165) is 18.3 Å². The minimum Gasteiger partial charge on any atom is -0.352 e. The van der Waals surface area contributed by atoms with E-state index in [1.54, 1.807) is 0 Å². The van der Waals surface area contributed by atoms with Crippen molar-refractivity contribution in [2.45, 2.75) is 38.1 Å². The maximum atomic E-state index is 11.9. The van der Waals surface area contributed by atoms with Gasteiger partial charge in [0, 0.05) is 18.5 Å². The van der Waals surface area contributed by atoms with Crippen molar-refractivity contribution < 1.29 is 4.79 Å². The van der Waals surface area contributed by atoms with Crippen LogP contribution in [0, 0.1) is 23.7 Å². The minimum absolute atomic E-state index is 0.262. The molecule has 0 aromatic rings. The molecule has 3 rings (SSSR count). The Balaban J connectivity index is 1.47. The standard InChI is InChI=1S/C12H20N2O/c13-6-11(8-3-4-8)14-12(15)10-5-9(10)7-1-2-7/h7-11H,1-6,13H2,(H,14,15). The molecule has 3 atom stereocenters. The summed E-state index contributed by atoms with van der Waals surface area (Å²) in [5.74, 6) is 2.91. The predicted molar refractivity (Wildman–Crippen MR) is 58.0 cm³/mol. The van der Waals surface area contributed by atoms with E-state index >= 15 is 0 Å². The number of hydrogen-bond acceptors (Lipinski definition) is 2. The largest absolute Gasteiger partial charge is 0.352 e. The highest BCUT2D eigenvalue weighted by atomic mass is 16.2. The maximum absolute atomic E-state index is 11.9. The third-order valence-electron chi connectivity index (χ3n) is 4.18. The van der Waals surface area contributed by atoms with Crippen molar-refractivity contribution in [2.75, 3.05) is 6.54 Å². The molecule has 0 aromatic carbocycles. The molecule has 3 N–H and O–H groups in total. The molecule has 3 aliphatic carbocycles. The fourth-order valence-electron chi connectivity index (χ4n) is 2.72. The van der Waals surface area contributed by atoms with Crippen LogP contribution in [0.25, 0.3) is 0 Å². The summed E-state index contributed by atoms with van der Waals surface area (Å²) in [6.07, 6.45) is 6.35. The first-order valence-electron chi connectivity index (χ1n) is 6.30. The van der Waals surface area contributed by atoms with Crippen molar-refractivity contribution in [3.05, 3.63) is 0 Å². The Morgan fingerprint density at radius 3 is 2.60 bits per heavy atom. The van der Waals surface area contributed by atoms with E-state index in [-0.39, 0.29) is 11.9 Å². The summed E-state index contributed by atoms with van der Waals surface area (Å²) in [5.41, 5.74) is 5.67. The first-order chi connectivity index (χ1) is 7.29. The van der Waals surface area contributed by atoms with Crippen LogP contribution in [0.3, 0.4) is 0 Å². The zero-order valence-corrected chi connectivity index (χ0v) is 9.11. The van der Waals surface area contributed by atoms with Crippen molar-refractivity contribution in [1.82, 2.24) is 5.32 Å². The Morgan fingerprint density at radius 1 is 1.33 bits per heavy atom. The van der Waals surface area contributed by atoms with Gasteiger partial charge < -0.3 is 11.1 Å². The summed E-state index contributed by atoms with van der Waals surface area (Å²) in [5, 5.41) is 3.14. The van der Waals surface area contributed by atoms with E-state index < -0.39 is 0 Å². The topological polar surface area (TPSA) is 55.1 Å². The number of hydrogen-bond donors (Lipinski definition) is 2. The molecule has 0 bridgehead atoms. The van der Waals surface area contributed by atoms with E-state index in [4.69, 9.17) is 5.73 Å². The van der Waals surface area contributed by atoms with Gasteiger partial charge in [0.25, 0.3) is 0 Å². The smallest absolute Gasteiger partial charge is 0.223 e. The second kappa shape index (κ2) is 3.48. The number of carbonyl (C=O) groups excluding carboxylic acids is 1. The van der Waals surface area contributed by atoms with E-state index in [0.29, 0.717) is 18.4 Å². The molecule has 3 aliphatic rings. The minimum atomic E-state index is 0.262. The molecule has 1 amide bonds. The predicted octanol–water partition coefficient (Wildman–Crippen LogP) is 0.886. The normalized spacial score (nSPS) is 36.1. The van der Waals surface area contributed by atoms with Gasteiger partial charge in [-0.25, -0.2) is 0 Å². The molecule has 84 valence electrons. The first-order valence-corrected chi connectivity index (χ1v) is 6.30. The van der Waals surface area contributed by atoms with Crippen LogP contribution in [-0.2, 0) is 4.79 Å². The van der Waals surface area contributed by atoms with Crippen molar-refractivity contribution in [3.63, 3.8) is 0 Å². The third-order valence-corrected chi connectivity index (χ3v) is 4.18. The molecule has 0 aromatic heterocycles. The van der Waals surface area contributed by atoms with Crippen molar-refractivity contribution in [1.29, 1.82) is 0 Å². The fraction of sp³-hybridized carbons (Fsp3) is 0.917. The lowest BCUT2D eigenvalue weighted by Crippen LogP contribution is -2.42. The summed E-state index contributed by atoms with van der Waals surface area (Å²) in [4.78, 5) is 11.9. The van der Waals surface area contributed by atoms with Crippen molar-refractivity contribution in [2.24, 2.45) is 29.4 Å². The van der Waals surface area contributed by atoms with Crippen LogP contribution in [-0.4, -0.2) is 18.5 Å². The Morgan fingerprint density at radius 2 is 2.07 bits per heavy atom. The molecule has 0 heterocycles. The zero-order valence-electron chi connectivity index (χ0n) is 9.11. The monoisotopic (exact) mass is 208 g/mol. The van der Waals surface area contributed by atoms with Gasteiger partial charge >= 0.3 is 0 Å². The van der Waals surface area contributed by atoms with Gasteiger partial charge in [-0.2, -0.15) is 0 Å². The number of nitrogens with one attached hydrogen (secondary N) is 1. The maximum Gasteiger partial charge on any atom is 0.223 e. The number of nitrogens with two attached hydrogens (primary N) is 1. The second-order valence-electron chi connectivity index (χ2n) is 5.53. The van der Waals surface area contributed by atoms with E-state index in [2.05, 4.69) is 5.32 Å². The van der Waals surface area contributed by atoms with Crippen LogP contribution in [0.1, 0.15) is 32.1 Å². The summed E-state index contributed by atoms with van der Waals surface area (Å²) in [6, 6.07) is 0.262. The molecule has 0 spiro atoms. The van der Waals surface area contributed by atoms with E-state index in [9.17, 15) is 4.79 Å². The number of carbonyl (C=O) groups is 1. The molecule has 0 radical (unpaired) electrons. The lowest BCUT2D eigenvalue weighted by atomic mass is 10.1. The van der Waals surface area contributed by atoms with Crippen LogP contribution < -0.4 is 11.1 Å². The highest BCUT2D eigenvalue weighted by Crippen LogP contribution is 2.54. The molecule has 15 heavy (non-hydrogen) atoms. The highest BCUT2D eigenvalue weighted by molar-refractivity contribution is 5.82. The summed E-state index contributed by atoms with van der Waals surface area (Å²) < 4.78 is 0. The summed E-state index contributed by atoms with van der Waals surface area (Å²) in [6.45, 7) is 0.608. The van der Waals surface area contributed by atoms with Gasteiger partial charge in [-0.15, -0.1) is 0 Å². The molecule has 0 aliphatic heterocycles. The van der Waals surface area contributed by atoms with Gasteiger partial charge in [-0.05, 0) is 49.9 Å². The lowest BCUT2D eigenvalue weighted by Gasteiger charge is -2.15. The lowest BCUT2D eigenvalue weighted by molar-refractivity contribution is -0.123. The van der Waals surface area contributed by atoms with Gasteiger partial charge in [0.15, 0.2) is 0 Å². The van der Waals surface area contributed by atoms with E-state index in [1.807, 2.05) is 0 Å². The average Bonchev–Trinajstić information content (AvgIpc) is 3.10. The quantitative estimate of drug-likeness (QED) is 0.705. The SMILES string of the molecule is NCC(NC(=O)C1CC1C1CC1)C1CC1. The molecule has 3 nitrogen and oxygen atoms in total. The zero-order chi connectivity index (χ0) is 10.4. The average molecular weight is 208 g/mol. The van der Waals surface area contributed by atoms with Crippen LogP contribution in [0.15, 0.2) is 0 Å². The van der Waals surface area contributed by atoms with Crippen LogP contribution >= 0.6 is 0 Å². The Hall–Kier alpha value is -0.570. The molecule has 3 unspecified atom stereocenters. The molecular formula is C12H20N2O. The van der Waals surface area contributed by atoms with E-state index in [1.165, 1.54) is 25.7 Å². The highest BCUT2D eigenvalue weighted by Gasteiger charge is 2.51. The van der Waals surface area contributed by atoms with Crippen LogP contribution in [0.5, 0.6) is 0 Å². The van der Waals surface area contributed by atoms with Crippen molar-refractivity contribution >= 4 is 5.91 Å². The van der Waals surface area contributed by atoms with Gasteiger partial charge in [-0.1, -0.05) is 0 Å². The van der Waals surface area contributed by atoms with Crippen molar-refractivity contribution in [3.8, 4) is 0 Å². The first kappa shape index (κ1) is 9.64. The van der Waals surface area contributed by atoms with Crippen LogP contribution in [0.4, 0.5) is 0 Å². The number of rotatable bonds is 5. The molecule has 3 saturated carbocycles. The molecular weight excluding hydrogens is 188 g/mol. The van der Waals surface area contributed by atoms with Gasteiger partial charge in [0.2, 0.25) is 5.91 Å². The number of amides is 1. The van der Waals surface area contributed by atoms with Crippen LogP contribution in [0.2, 0.25) is 0 Å². The van der Waals surface area contributed by atoms with Gasteiger partial charge in [0.1, 0.15) is 0 Å². The fourth-order valence-corrected chi connectivity index (χ4v) is 2.72. The molecule has 3 fully saturated rings. The Bertz CT molecular complexity index is 271. The van der Waals surface area contributed by atoms with Gasteiger partial charge in [-0.3, -0.25) is 4.79 Å². The summed E-state index contributed by atoms with van der Waals surface area (Å²) >= 11 is 0. The second-order valence-corrected chi connectivity index (χ2v) is 5.53. The van der Waals surface area contributed by atoms with Gasteiger partial charge in [0.05, 0.1) is 0 Å². The summed E-state index contributed by atoms with van der Waals surface area (Å²) in [7, 11) is 0. The third kappa shape index (κ3) is 2.03. The Kier molecular flexibility index (Phi) is 2.23. The Labute approximate surface area is 90.8 Å².